The molecule has 1 aliphatic heterocycles. The van der Waals surface area contributed by atoms with Crippen LogP contribution in [-0.2, 0) is 16.6 Å². The Bertz CT molecular complexity index is 504. The lowest BCUT2D eigenvalue weighted by molar-refractivity contribution is -0.143. The lowest BCUT2D eigenvalue weighted by Crippen LogP contribution is -2.48. The Morgan fingerprint density at radius 3 is 2.62 bits per heavy atom. The van der Waals surface area contributed by atoms with E-state index in [1.54, 1.807) is 24.2 Å². The summed E-state index contributed by atoms with van der Waals surface area (Å²) in [6, 6.07) is 1.64. The summed E-state index contributed by atoms with van der Waals surface area (Å²) >= 11 is 0. The van der Waals surface area contributed by atoms with Crippen LogP contribution in [0.2, 0.25) is 0 Å². The molecule has 1 aromatic heterocycles. The molecular weight excluding hydrogens is 272 g/mol. The molecule has 0 spiro atoms. The van der Waals surface area contributed by atoms with Crippen LogP contribution in [0.3, 0.4) is 0 Å². The van der Waals surface area contributed by atoms with Gasteiger partial charge in [-0.3, -0.25) is 14.3 Å². The fourth-order valence-electron chi connectivity index (χ4n) is 2.51. The quantitative estimate of drug-likeness (QED) is 0.859. The summed E-state index contributed by atoms with van der Waals surface area (Å²) < 4.78 is 7.10. The van der Waals surface area contributed by atoms with Gasteiger partial charge in [-0.1, -0.05) is 0 Å². The maximum atomic E-state index is 12.1. The normalized spacial score (nSPS) is 22.1. The van der Waals surface area contributed by atoms with Crippen molar-refractivity contribution in [1.29, 1.82) is 0 Å². The second-order valence-electron chi connectivity index (χ2n) is 5.40. The highest BCUT2D eigenvalue weighted by molar-refractivity contribution is 5.92. The van der Waals surface area contributed by atoms with Gasteiger partial charge in [-0.2, -0.15) is 5.10 Å². The van der Waals surface area contributed by atoms with E-state index in [1.807, 2.05) is 13.8 Å². The Morgan fingerprint density at radius 1 is 1.38 bits per heavy atom. The molecule has 2 heterocycles. The molecule has 0 bridgehead atoms. The van der Waals surface area contributed by atoms with Crippen molar-refractivity contribution in [3.8, 4) is 0 Å². The molecule has 21 heavy (non-hydrogen) atoms. The predicted molar refractivity (Wildman–Crippen MR) is 76.7 cm³/mol. The second kappa shape index (κ2) is 6.71. The number of morpholine rings is 1. The molecule has 116 valence electrons. The smallest absolute Gasteiger partial charge is 0.269 e. The highest BCUT2D eigenvalue weighted by Crippen LogP contribution is 2.11. The molecule has 1 aliphatic rings. The molecule has 2 amide bonds. The number of amides is 2. The number of hydrogen-bond acceptors (Lipinski definition) is 4. The Labute approximate surface area is 124 Å². The minimum Gasteiger partial charge on any atom is -0.372 e. The van der Waals surface area contributed by atoms with Crippen LogP contribution in [0.5, 0.6) is 0 Å². The van der Waals surface area contributed by atoms with Crippen molar-refractivity contribution in [3.63, 3.8) is 0 Å². The molecule has 0 saturated carbocycles. The molecule has 0 aromatic carbocycles. The highest BCUT2D eigenvalue weighted by atomic mass is 16.5. The van der Waals surface area contributed by atoms with Gasteiger partial charge in [0, 0.05) is 39.3 Å². The van der Waals surface area contributed by atoms with Gasteiger partial charge in [-0.15, -0.1) is 0 Å². The maximum Gasteiger partial charge on any atom is 0.269 e. The Balaban J connectivity index is 1.77. The van der Waals surface area contributed by atoms with Gasteiger partial charge in [0.25, 0.3) is 5.91 Å². The van der Waals surface area contributed by atoms with Crippen LogP contribution in [0.25, 0.3) is 0 Å². The maximum absolute atomic E-state index is 12.1. The third-order valence-electron chi connectivity index (χ3n) is 3.45. The average Bonchev–Trinajstić information content (AvgIpc) is 2.83. The molecule has 2 atom stereocenters. The number of aromatic nitrogens is 2. The first kappa shape index (κ1) is 15.5. The molecular formula is C14H22N4O3. The Kier molecular flexibility index (Phi) is 4.95. The summed E-state index contributed by atoms with van der Waals surface area (Å²) in [5.41, 5.74) is 0.482. The van der Waals surface area contributed by atoms with Crippen LogP contribution < -0.4 is 5.32 Å². The lowest BCUT2D eigenvalue weighted by Gasteiger charge is -2.35. The molecule has 2 rings (SSSR count). The SMILES string of the molecule is C[C@@H]1CN(C(=O)CCNC(=O)c2ccnn2C)C[C@H](C)O1. The van der Waals surface area contributed by atoms with E-state index in [-0.39, 0.29) is 24.0 Å². The van der Waals surface area contributed by atoms with Crippen LogP contribution in [-0.4, -0.2) is 58.3 Å². The van der Waals surface area contributed by atoms with E-state index in [4.69, 9.17) is 4.74 Å². The van der Waals surface area contributed by atoms with Gasteiger partial charge in [0.15, 0.2) is 0 Å². The summed E-state index contributed by atoms with van der Waals surface area (Å²) in [4.78, 5) is 25.8. The van der Waals surface area contributed by atoms with Crippen molar-refractivity contribution >= 4 is 11.8 Å². The summed E-state index contributed by atoms with van der Waals surface area (Å²) in [5.74, 6) is -0.172. The van der Waals surface area contributed by atoms with E-state index in [0.717, 1.165) is 0 Å². The van der Waals surface area contributed by atoms with Gasteiger partial charge in [0.05, 0.1) is 12.2 Å². The molecule has 1 fully saturated rings. The number of carbonyl (C=O) groups excluding carboxylic acids is 2. The summed E-state index contributed by atoms with van der Waals surface area (Å²) in [6.45, 7) is 5.46. The van der Waals surface area contributed by atoms with Gasteiger partial charge in [0.2, 0.25) is 5.91 Å². The first-order chi connectivity index (χ1) is 9.97. The fourth-order valence-corrected chi connectivity index (χ4v) is 2.51. The zero-order chi connectivity index (χ0) is 15.4. The molecule has 7 nitrogen and oxygen atoms in total. The Morgan fingerprint density at radius 2 is 2.05 bits per heavy atom. The summed E-state index contributed by atoms with van der Waals surface area (Å²) in [7, 11) is 1.70. The average molecular weight is 294 g/mol. The van der Waals surface area contributed by atoms with E-state index >= 15 is 0 Å². The first-order valence-electron chi connectivity index (χ1n) is 7.17. The van der Waals surface area contributed by atoms with E-state index in [2.05, 4.69) is 10.4 Å². The van der Waals surface area contributed by atoms with Crippen LogP contribution in [0.15, 0.2) is 12.3 Å². The van der Waals surface area contributed by atoms with Crippen molar-refractivity contribution in [2.24, 2.45) is 7.05 Å². The van der Waals surface area contributed by atoms with Crippen molar-refractivity contribution in [2.45, 2.75) is 32.5 Å². The molecule has 0 unspecified atom stereocenters. The molecule has 0 aliphatic carbocycles. The van der Waals surface area contributed by atoms with Crippen molar-refractivity contribution in [2.75, 3.05) is 19.6 Å². The number of carbonyl (C=O) groups is 2. The Hall–Kier alpha value is -1.89. The minimum absolute atomic E-state index is 0.0438. The van der Waals surface area contributed by atoms with Crippen LogP contribution >= 0.6 is 0 Å². The van der Waals surface area contributed by atoms with Crippen molar-refractivity contribution in [1.82, 2.24) is 20.0 Å². The monoisotopic (exact) mass is 294 g/mol. The number of ether oxygens (including phenoxy) is 1. The van der Waals surface area contributed by atoms with Gasteiger partial charge in [0.1, 0.15) is 5.69 Å². The van der Waals surface area contributed by atoms with E-state index in [0.29, 0.717) is 31.7 Å². The molecule has 1 aromatic rings. The number of nitrogens with zero attached hydrogens (tertiary/aromatic N) is 3. The zero-order valence-corrected chi connectivity index (χ0v) is 12.7. The summed E-state index contributed by atoms with van der Waals surface area (Å²) in [6.07, 6.45) is 1.98. The van der Waals surface area contributed by atoms with Gasteiger partial charge in [-0.25, -0.2) is 0 Å². The topological polar surface area (TPSA) is 76.5 Å². The third-order valence-corrected chi connectivity index (χ3v) is 3.45. The fraction of sp³-hybridized carbons (Fsp3) is 0.643. The van der Waals surface area contributed by atoms with E-state index < -0.39 is 0 Å². The van der Waals surface area contributed by atoms with Gasteiger partial charge < -0.3 is 15.0 Å². The standard InChI is InChI=1S/C14H22N4O3/c1-10-8-18(9-11(2)21-10)13(19)5-6-15-14(20)12-4-7-16-17(12)3/h4,7,10-11H,5-6,8-9H2,1-3H3,(H,15,20)/t10-,11+. The highest BCUT2D eigenvalue weighted by Gasteiger charge is 2.25. The van der Waals surface area contributed by atoms with Crippen molar-refractivity contribution in [3.05, 3.63) is 18.0 Å². The van der Waals surface area contributed by atoms with Crippen molar-refractivity contribution < 1.29 is 14.3 Å². The number of rotatable bonds is 4. The van der Waals surface area contributed by atoms with Gasteiger partial charge >= 0.3 is 0 Å². The number of aryl methyl sites for hydroxylation is 1. The molecule has 7 heteroatoms. The molecule has 1 N–H and O–H groups in total. The number of hydrogen-bond donors (Lipinski definition) is 1. The van der Waals surface area contributed by atoms with Crippen LogP contribution in [0, 0.1) is 0 Å². The lowest BCUT2D eigenvalue weighted by atomic mass is 10.2. The zero-order valence-electron chi connectivity index (χ0n) is 12.7. The minimum atomic E-state index is -0.216. The van der Waals surface area contributed by atoms with Gasteiger partial charge in [-0.05, 0) is 19.9 Å². The molecule has 1 saturated heterocycles. The third kappa shape index (κ3) is 4.04. The van der Waals surface area contributed by atoms with Crippen LogP contribution in [0.4, 0.5) is 0 Å². The first-order valence-corrected chi connectivity index (χ1v) is 7.17. The number of nitrogens with one attached hydrogen (secondary N) is 1. The second-order valence-corrected chi connectivity index (χ2v) is 5.40. The van der Waals surface area contributed by atoms with Crippen LogP contribution in [0.1, 0.15) is 30.8 Å². The van der Waals surface area contributed by atoms with E-state index in [9.17, 15) is 9.59 Å². The predicted octanol–water partition coefficient (Wildman–Crippen LogP) is 0.176. The largest absolute Gasteiger partial charge is 0.372 e. The van der Waals surface area contributed by atoms with E-state index in [1.165, 1.54) is 4.68 Å². The molecule has 0 radical (unpaired) electrons. The summed E-state index contributed by atoms with van der Waals surface area (Å²) in [5, 5.41) is 6.68.